The maximum absolute atomic E-state index is 13.1. The Labute approximate surface area is 176 Å². The highest BCUT2D eigenvalue weighted by molar-refractivity contribution is 7.89. The molecule has 1 aliphatic rings. The van der Waals surface area contributed by atoms with Gasteiger partial charge in [-0.15, -0.1) is 0 Å². The molecule has 0 radical (unpaired) electrons. The average Bonchev–Trinajstić information content (AvgIpc) is 2.78. The number of carbonyl (C=O) groups is 2. The lowest BCUT2D eigenvalue weighted by Gasteiger charge is -2.30. The van der Waals surface area contributed by atoms with Gasteiger partial charge in [0.2, 0.25) is 10.0 Å². The van der Waals surface area contributed by atoms with E-state index in [2.05, 4.69) is 0 Å². The molecule has 0 atom stereocenters. The molecule has 0 spiro atoms. The topological polar surface area (TPSA) is 90.0 Å². The predicted octanol–water partition coefficient (Wildman–Crippen LogP) is 2.93. The summed E-state index contributed by atoms with van der Waals surface area (Å²) >= 11 is 0. The number of sulfonamides is 1. The number of esters is 2. The van der Waals surface area contributed by atoms with Gasteiger partial charge in [-0.1, -0.05) is 36.4 Å². The number of ether oxygens (including phenoxy) is 2. The molecular weight excluding hydrogens is 406 g/mol. The maximum atomic E-state index is 13.1. The Balaban J connectivity index is 1.63. The van der Waals surface area contributed by atoms with Crippen LogP contribution < -0.4 is 0 Å². The Bertz CT molecular complexity index is 1030. The molecule has 0 aromatic heterocycles. The Morgan fingerprint density at radius 3 is 2.33 bits per heavy atom. The molecule has 2 aromatic rings. The highest BCUT2D eigenvalue weighted by Crippen LogP contribution is 2.27. The van der Waals surface area contributed by atoms with Gasteiger partial charge in [-0.3, -0.25) is 4.79 Å². The first-order chi connectivity index (χ1) is 14.3. The highest BCUT2D eigenvalue weighted by atomic mass is 32.2. The van der Waals surface area contributed by atoms with Gasteiger partial charge in [-0.25, -0.2) is 13.2 Å². The third-order valence-corrected chi connectivity index (χ3v) is 7.29. The molecule has 8 heteroatoms. The van der Waals surface area contributed by atoms with Crippen LogP contribution in [0.4, 0.5) is 0 Å². The minimum Gasteiger partial charge on any atom is -0.465 e. The molecule has 7 nitrogen and oxygen atoms in total. The number of hydrogen-bond donors (Lipinski definition) is 0. The van der Waals surface area contributed by atoms with Crippen molar-refractivity contribution in [3.8, 4) is 0 Å². The molecule has 0 amide bonds. The van der Waals surface area contributed by atoms with Crippen molar-refractivity contribution in [2.45, 2.75) is 31.3 Å². The molecule has 0 unspecified atom stereocenters. The van der Waals surface area contributed by atoms with Crippen molar-refractivity contribution >= 4 is 22.0 Å². The van der Waals surface area contributed by atoms with Gasteiger partial charge >= 0.3 is 11.9 Å². The molecular formula is C22H25NO6S. The van der Waals surface area contributed by atoms with E-state index in [1.165, 1.54) is 23.5 Å². The normalized spacial score (nSPS) is 15.5. The Morgan fingerprint density at radius 1 is 1.03 bits per heavy atom. The van der Waals surface area contributed by atoms with Crippen molar-refractivity contribution in [2.24, 2.45) is 5.92 Å². The summed E-state index contributed by atoms with van der Waals surface area (Å²) in [5.74, 6) is -1.37. The lowest BCUT2D eigenvalue weighted by Crippen LogP contribution is -2.41. The Kier molecular flexibility index (Phi) is 6.89. The summed E-state index contributed by atoms with van der Waals surface area (Å²) in [6.07, 6.45) is 0.735. The molecule has 0 saturated carbocycles. The van der Waals surface area contributed by atoms with Gasteiger partial charge in [-0.05, 0) is 43.0 Å². The standard InChI is InChI=1S/C22H25NO6S/c1-16-7-3-4-8-18(16)15-29-21(24)17-11-13-23(14-12-17)30(26,27)20-10-6-5-9-19(20)22(25)28-2/h3-10,17H,11-15H2,1-2H3. The minimum atomic E-state index is -3.88. The van der Waals surface area contributed by atoms with Crippen LogP contribution in [-0.2, 0) is 30.9 Å². The summed E-state index contributed by atoms with van der Waals surface area (Å²) in [6.45, 7) is 2.53. The zero-order valence-corrected chi connectivity index (χ0v) is 17.9. The van der Waals surface area contributed by atoms with Gasteiger partial charge in [0, 0.05) is 13.1 Å². The first kappa shape index (κ1) is 22.0. The molecule has 1 fully saturated rings. The number of nitrogens with zero attached hydrogens (tertiary/aromatic N) is 1. The van der Waals surface area contributed by atoms with Crippen LogP contribution in [0.15, 0.2) is 53.4 Å². The number of aryl methyl sites for hydroxylation is 1. The largest absolute Gasteiger partial charge is 0.465 e. The van der Waals surface area contributed by atoms with Gasteiger partial charge in [0.1, 0.15) is 6.61 Å². The van der Waals surface area contributed by atoms with Crippen molar-refractivity contribution in [1.82, 2.24) is 4.31 Å². The van der Waals surface area contributed by atoms with Gasteiger partial charge in [0.25, 0.3) is 0 Å². The lowest BCUT2D eigenvalue weighted by atomic mass is 9.98. The van der Waals surface area contributed by atoms with Crippen LogP contribution in [0.25, 0.3) is 0 Å². The molecule has 1 aliphatic heterocycles. The van der Waals surface area contributed by atoms with E-state index in [1.54, 1.807) is 12.1 Å². The molecule has 0 N–H and O–H groups in total. The van der Waals surface area contributed by atoms with E-state index in [4.69, 9.17) is 9.47 Å². The predicted molar refractivity (Wildman–Crippen MR) is 110 cm³/mol. The Hall–Kier alpha value is -2.71. The number of piperidine rings is 1. The van der Waals surface area contributed by atoms with E-state index in [1.807, 2.05) is 31.2 Å². The van der Waals surface area contributed by atoms with Crippen molar-refractivity contribution in [1.29, 1.82) is 0 Å². The second-order valence-electron chi connectivity index (χ2n) is 7.20. The number of hydrogen-bond acceptors (Lipinski definition) is 6. The molecule has 0 aliphatic carbocycles. The quantitative estimate of drug-likeness (QED) is 0.654. The van der Waals surface area contributed by atoms with Crippen LogP contribution in [0, 0.1) is 12.8 Å². The first-order valence-electron chi connectivity index (χ1n) is 9.73. The highest BCUT2D eigenvalue weighted by Gasteiger charge is 2.34. The summed E-state index contributed by atoms with van der Waals surface area (Å²) in [5.41, 5.74) is 2.00. The number of carbonyl (C=O) groups excluding carboxylic acids is 2. The smallest absolute Gasteiger partial charge is 0.339 e. The summed E-state index contributed by atoms with van der Waals surface area (Å²) in [5, 5.41) is 0. The number of methoxy groups -OCH3 is 1. The second kappa shape index (κ2) is 9.40. The van der Waals surface area contributed by atoms with E-state index < -0.39 is 16.0 Å². The van der Waals surface area contributed by atoms with Gasteiger partial charge in [0.15, 0.2) is 0 Å². The third-order valence-electron chi connectivity index (χ3n) is 5.33. The van der Waals surface area contributed by atoms with Crippen LogP contribution in [0.1, 0.15) is 34.3 Å². The zero-order chi connectivity index (χ0) is 21.7. The van der Waals surface area contributed by atoms with Crippen LogP contribution in [-0.4, -0.2) is 44.9 Å². The van der Waals surface area contributed by atoms with Crippen molar-refractivity contribution in [2.75, 3.05) is 20.2 Å². The fraction of sp³-hybridized carbons (Fsp3) is 0.364. The second-order valence-corrected chi connectivity index (χ2v) is 9.11. The SMILES string of the molecule is COC(=O)c1ccccc1S(=O)(=O)N1CCC(C(=O)OCc2ccccc2C)CC1. The van der Waals surface area contributed by atoms with E-state index >= 15 is 0 Å². The number of rotatable bonds is 6. The monoisotopic (exact) mass is 431 g/mol. The number of benzene rings is 2. The fourth-order valence-electron chi connectivity index (χ4n) is 3.48. The molecule has 1 saturated heterocycles. The van der Waals surface area contributed by atoms with Crippen molar-refractivity contribution in [3.05, 3.63) is 65.2 Å². The lowest BCUT2D eigenvalue weighted by molar-refractivity contribution is -0.151. The zero-order valence-electron chi connectivity index (χ0n) is 17.0. The van der Waals surface area contributed by atoms with Gasteiger partial charge < -0.3 is 9.47 Å². The van der Waals surface area contributed by atoms with E-state index in [9.17, 15) is 18.0 Å². The van der Waals surface area contributed by atoms with E-state index in [-0.39, 0.29) is 42.0 Å². The Morgan fingerprint density at radius 2 is 1.67 bits per heavy atom. The third kappa shape index (κ3) is 4.71. The molecule has 1 heterocycles. The fourth-order valence-corrected chi connectivity index (χ4v) is 5.13. The summed E-state index contributed by atoms with van der Waals surface area (Å²) in [7, 11) is -2.67. The van der Waals surface area contributed by atoms with Crippen LogP contribution in [0.2, 0.25) is 0 Å². The first-order valence-corrected chi connectivity index (χ1v) is 11.2. The molecule has 30 heavy (non-hydrogen) atoms. The van der Waals surface area contributed by atoms with Crippen LogP contribution in [0.3, 0.4) is 0 Å². The molecule has 160 valence electrons. The van der Waals surface area contributed by atoms with Gasteiger partial charge in [-0.2, -0.15) is 4.31 Å². The minimum absolute atomic E-state index is 0.000218. The van der Waals surface area contributed by atoms with Gasteiger partial charge in [0.05, 0.1) is 23.5 Å². The van der Waals surface area contributed by atoms with Crippen LogP contribution >= 0.6 is 0 Å². The van der Waals surface area contributed by atoms with E-state index in [0.717, 1.165) is 11.1 Å². The van der Waals surface area contributed by atoms with Crippen molar-refractivity contribution in [3.63, 3.8) is 0 Å². The molecule has 3 rings (SSSR count). The van der Waals surface area contributed by atoms with E-state index in [0.29, 0.717) is 12.8 Å². The summed E-state index contributed by atoms with van der Waals surface area (Å²) in [4.78, 5) is 24.3. The molecule has 2 aromatic carbocycles. The summed E-state index contributed by atoms with van der Waals surface area (Å²) in [6, 6.07) is 13.7. The van der Waals surface area contributed by atoms with Crippen molar-refractivity contribution < 1.29 is 27.5 Å². The summed E-state index contributed by atoms with van der Waals surface area (Å²) < 4.78 is 37.6. The maximum Gasteiger partial charge on any atom is 0.339 e. The molecule has 0 bridgehead atoms. The average molecular weight is 432 g/mol. The van der Waals surface area contributed by atoms with Crippen LogP contribution in [0.5, 0.6) is 0 Å².